The van der Waals surface area contributed by atoms with Crippen molar-refractivity contribution in [3.8, 4) is 0 Å². The van der Waals surface area contributed by atoms with Crippen molar-refractivity contribution in [1.82, 2.24) is 19.6 Å². The fourth-order valence-electron chi connectivity index (χ4n) is 4.61. The number of ether oxygens (including phenoxy) is 1. The van der Waals surface area contributed by atoms with Crippen molar-refractivity contribution < 1.29 is 9.53 Å². The largest absolute Gasteiger partial charge is 0.363 e. The molecule has 4 heterocycles. The molecule has 1 aromatic rings. The summed E-state index contributed by atoms with van der Waals surface area (Å²) in [5.74, 6) is 0.979. The minimum Gasteiger partial charge on any atom is -0.363 e. The van der Waals surface area contributed by atoms with Crippen LogP contribution in [0.2, 0.25) is 0 Å². The van der Waals surface area contributed by atoms with Gasteiger partial charge >= 0.3 is 0 Å². The maximum atomic E-state index is 12.8. The predicted molar refractivity (Wildman–Crippen MR) is 94.9 cm³/mol. The Morgan fingerprint density at radius 2 is 2.00 bits per heavy atom. The number of rotatable bonds is 3. The van der Waals surface area contributed by atoms with Crippen LogP contribution < -0.4 is 0 Å². The molecule has 0 radical (unpaired) electrons. The molecule has 0 aromatic carbocycles. The molecule has 3 saturated heterocycles. The molecule has 138 valence electrons. The Bertz CT molecular complexity index is 608. The number of carbonyl (C=O) groups is 1. The molecular weight excluding hydrogens is 316 g/mol. The van der Waals surface area contributed by atoms with Crippen molar-refractivity contribution in [3.05, 3.63) is 18.0 Å². The van der Waals surface area contributed by atoms with Gasteiger partial charge in [-0.05, 0) is 38.0 Å². The number of aryl methyl sites for hydroxylation is 1. The van der Waals surface area contributed by atoms with E-state index in [1.807, 2.05) is 22.8 Å². The minimum absolute atomic E-state index is 0.211. The van der Waals surface area contributed by atoms with Crippen molar-refractivity contribution in [1.29, 1.82) is 0 Å². The number of hydrogen-bond donors (Lipinski definition) is 0. The SMILES string of the molecule is CC1CCN(C(=O)[C@H]2CC[C@H]3[C@H](CCN3Cc3cnn(C)c3)O2)CC1. The lowest BCUT2D eigenvalue weighted by molar-refractivity contribution is -0.155. The molecule has 3 atom stereocenters. The molecule has 3 aliphatic rings. The number of nitrogens with zero attached hydrogens (tertiary/aromatic N) is 4. The molecule has 0 aliphatic carbocycles. The van der Waals surface area contributed by atoms with E-state index in [0.717, 1.165) is 64.2 Å². The van der Waals surface area contributed by atoms with Crippen LogP contribution in [0.15, 0.2) is 12.4 Å². The zero-order chi connectivity index (χ0) is 17.4. The summed E-state index contributed by atoms with van der Waals surface area (Å²) in [4.78, 5) is 17.3. The van der Waals surface area contributed by atoms with Gasteiger partial charge in [0.05, 0.1) is 12.3 Å². The van der Waals surface area contributed by atoms with E-state index in [9.17, 15) is 4.79 Å². The summed E-state index contributed by atoms with van der Waals surface area (Å²) in [5.41, 5.74) is 1.25. The first kappa shape index (κ1) is 17.0. The number of amides is 1. The highest BCUT2D eigenvalue weighted by Crippen LogP contribution is 2.33. The highest BCUT2D eigenvalue weighted by Gasteiger charge is 2.42. The molecule has 3 aliphatic heterocycles. The molecule has 1 amide bonds. The zero-order valence-corrected chi connectivity index (χ0v) is 15.4. The smallest absolute Gasteiger partial charge is 0.251 e. The third-order valence-corrected chi connectivity index (χ3v) is 6.18. The lowest BCUT2D eigenvalue weighted by Gasteiger charge is -2.38. The van der Waals surface area contributed by atoms with E-state index in [1.165, 1.54) is 5.56 Å². The molecular formula is C19H30N4O2. The van der Waals surface area contributed by atoms with Crippen LogP contribution in [0.25, 0.3) is 0 Å². The molecule has 0 N–H and O–H groups in total. The summed E-state index contributed by atoms with van der Waals surface area (Å²) in [6, 6.07) is 0.450. The van der Waals surface area contributed by atoms with E-state index in [1.54, 1.807) is 0 Å². The van der Waals surface area contributed by atoms with E-state index in [2.05, 4.69) is 23.1 Å². The summed E-state index contributed by atoms with van der Waals surface area (Å²) >= 11 is 0. The second kappa shape index (κ2) is 7.08. The Morgan fingerprint density at radius 3 is 2.72 bits per heavy atom. The van der Waals surface area contributed by atoms with Crippen LogP contribution in [0.1, 0.15) is 44.6 Å². The van der Waals surface area contributed by atoms with Gasteiger partial charge in [-0.1, -0.05) is 6.92 Å². The normalized spacial score (nSPS) is 31.3. The molecule has 0 saturated carbocycles. The molecule has 1 aromatic heterocycles. The maximum absolute atomic E-state index is 12.8. The van der Waals surface area contributed by atoms with Crippen molar-refractivity contribution in [2.45, 2.75) is 63.8 Å². The van der Waals surface area contributed by atoms with E-state index >= 15 is 0 Å². The maximum Gasteiger partial charge on any atom is 0.251 e. The van der Waals surface area contributed by atoms with Crippen LogP contribution in [0.3, 0.4) is 0 Å². The van der Waals surface area contributed by atoms with Crippen LogP contribution in [0.4, 0.5) is 0 Å². The van der Waals surface area contributed by atoms with Crippen LogP contribution >= 0.6 is 0 Å². The molecule has 0 unspecified atom stereocenters. The average Bonchev–Trinajstić information content (AvgIpc) is 3.21. The summed E-state index contributed by atoms with van der Waals surface area (Å²) in [7, 11) is 1.96. The van der Waals surface area contributed by atoms with Crippen LogP contribution in [0, 0.1) is 5.92 Å². The van der Waals surface area contributed by atoms with Gasteiger partial charge < -0.3 is 9.64 Å². The summed E-state index contributed by atoms with van der Waals surface area (Å²) < 4.78 is 8.13. The summed E-state index contributed by atoms with van der Waals surface area (Å²) in [6.07, 6.45) is 9.23. The fraction of sp³-hybridized carbons (Fsp3) is 0.789. The van der Waals surface area contributed by atoms with E-state index in [-0.39, 0.29) is 18.1 Å². The highest BCUT2D eigenvalue weighted by molar-refractivity contribution is 5.81. The third-order valence-electron chi connectivity index (χ3n) is 6.18. The van der Waals surface area contributed by atoms with Gasteiger partial charge in [-0.25, -0.2) is 0 Å². The summed E-state index contributed by atoms with van der Waals surface area (Å²) in [6.45, 7) is 6.06. The van der Waals surface area contributed by atoms with Gasteiger partial charge in [-0.2, -0.15) is 5.10 Å². The second-order valence-electron chi connectivity index (χ2n) is 8.10. The number of aromatic nitrogens is 2. The quantitative estimate of drug-likeness (QED) is 0.837. The van der Waals surface area contributed by atoms with Crippen LogP contribution in [-0.4, -0.2) is 63.4 Å². The van der Waals surface area contributed by atoms with Crippen molar-refractivity contribution >= 4 is 5.91 Å². The molecule has 6 nitrogen and oxygen atoms in total. The van der Waals surface area contributed by atoms with Crippen molar-refractivity contribution in [3.63, 3.8) is 0 Å². The fourth-order valence-corrected chi connectivity index (χ4v) is 4.61. The number of likely N-dealkylation sites (tertiary alicyclic amines) is 2. The molecule has 25 heavy (non-hydrogen) atoms. The van der Waals surface area contributed by atoms with Gasteiger partial charge in [0, 0.05) is 51.0 Å². The van der Waals surface area contributed by atoms with Crippen molar-refractivity contribution in [2.75, 3.05) is 19.6 Å². The van der Waals surface area contributed by atoms with E-state index in [4.69, 9.17) is 4.74 Å². The van der Waals surface area contributed by atoms with Gasteiger partial charge in [0.2, 0.25) is 0 Å². The van der Waals surface area contributed by atoms with Gasteiger partial charge in [0.25, 0.3) is 5.91 Å². The monoisotopic (exact) mass is 346 g/mol. The molecule has 6 heteroatoms. The number of carbonyl (C=O) groups excluding carboxylic acids is 1. The topological polar surface area (TPSA) is 50.6 Å². The zero-order valence-electron chi connectivity index (χ0n) is 15.4. The predicted octanol–water partition coefficient (Wildman–Crippen LogP) is 1.80. The van der Waals surface area contributed by atoms with Crippen LogP contribution in [0.5, 0.6) is 0 Å². The first-order valence-electron chi connectivity index (χ1n) is 9.76. The van der Waals surface area contributed by atoms with Crippen molar-refractivity contribution in [2.24, 2.45) is 13.0 Å². The average molecular weight is 346 g/mol. The van der Waals surface area contributed by atoms with Gasteiger partial charge in [0.15, 0.2) is 0 Å². The Balaban J connectivity index is 1.33. The highest BCUT2D eigenvalue weighted by atomic mass is 16.5. The number of piperidine rings is 1. The van der Waals surface area contributed by atoms with Gasteiger partial charge in [-0.3, -0.25) is 14.4 Å². The van der Waals surface area contributed by atoms with Gasteiger partial charge in [0.1, 0.15) is 6.10 Å². The Kier molecular flexibility index (Phi) is 4.82. The first-order valence-corrected chi connectivity index (χ1v) is 9.76. The molecule has 0 spiro atoms. The standard InChI is InChI=1S/C19H30N4O2/c1-14-5-8-22(9-6-14)19(24)18-4-3-16-17(25-18)7-10-23(16)13-15-11-20-21(2)12-15/h11-12,14,16-18H,3-10,13H2,1-2H3/t16-,17-,18+/m0/s1. The Morgan fingerprint density at radius 1 is 1.20 bits per heavy atom. The van der Waals surface area contributed by atoms with Gasteiger partial charge in [-0.15, -0.1) is 0 Å². The Labute approximate surface area is 150 Å². The summed E-state index contributed by atoms with van der Waals surface area (Å²) in [5, 5.41) is 4.26. The first-order chi connectivity index (χ1) is 12.1. The van der Waals surface area contributed by atoms with E-state index in [0.29, 0.717) is 6.04 Å². The number of hydrogen-bond acceptors (Lipinski definition) is 4. The Hall–Kier alpha value is -1.40. The third kappa shape index (κ3) is 3.60. The lowest BCUT2D eigenvalue weighted by Crippen LogP contribution is -2.50. The molecule has 0 bridgehead atoms. The van der Waals surface area contributed by atoms with E-state index < -0.39 is 0 Å². The minimum atomic E-state index is -0.215. The number of fused-ring (bicyclic) bond motifs is 1. The molecule has 3 fully saturated rings. The lowest BCUT2D eigenvalue weighted by atomic mass is 9.96. The second-order valence-corrected chi connectivity index (χ2v) is 8.10. The molecule has 4 rings (SSSR count). The van der Waals surface area contributed by atoms with Crippen LogP contribution in [-0.2, 0) is 23.1 Å².